The van der Waals surface area contributed by atoms with Crippen LogP contribution < -0.4 is 0 Å². The number of rotatable bonds is 8. The van der Waals surface area contributed by atoms with E-state index in [4.69, 9.17) is 0 Å². The quantitative estimate of drug-likeness (QED) is 0.478. The molecule has 0 N–H and O–H groups in total. The molecule has 0 aliphatic heterocycles. The van der Waals surface area contributed by atoms with E-state index in [1.165, 1.54) is 25.0 Å². The molecule has 1 atom stereocenters. The zero-order chi connectivity index (χ0) is 10.8. The van der Waals surface area contributed by atoms with E-state index in [9.17, 15) is 4.79 Å². The molecule has 0 aliphatic carbocycles. The van der Waals surface area contributed by atoms with Gasteiger partial charge in [0.2, 0.25) is 0 Å². The van der Waals surface area contributed by atoms with Gasteiger partial charge in [-0.2, -0.15) is 23.5 Å². The highest BCUT2D eigenvalue weighted by Gasteiger charge is 2.11. The summed E-state index contributed by atoms with van der Waals surface area (Å²) < 4.78 is 4.65. The van der Waals surface area contributed by atoms with E-state index < -0.39 is 0 Å². The lowest BCUT2D eigenvalue weighted by Crippen LogP contribution is -2.15. The number of hydrogen-bond acceptors (Lipinski definition) is 4. The van der Waals surface area contributed by atoms with Crippen molar-refractivity contribution in [1.29, 1.82) is 0 Å². The molecule has 0 saturated carbocycles. The van der Waals surface area contributed by atoms with Crippen molar-refractivity contribution in [2.75, 3.05) is 30.1 Å². The van der Waals surface area contributed by atoms with Crippen LogP contribution in [0.15, 0.2) is 0 Å². The number of carbonyl (C=O) groups excluding carboxylic acids is 1. The molecule has 14 heavy (non-hydrogen) atoms. The van der Waals surface area contributed by atoms with Gasteiger partial charge in [-0.25, -0.2) is 0 Å². The Kier molecular flexibility index (Phi) is 9.83. The van der Waals surface area contributed by atoms with Crippen LogP contribution in [0.3, 0.4) is 0 Å². The minimum absolute atomic E-state index is 0.0313. The number of esters is 1. The lowest BCUT2D eigenvalue weighted by Gasteiger charge is -2.07. The van der Waals surface area contributed by atoms with Crippen molar-refractivity contribution in [2.45, 2.75) is 20.3 Å². The van der Waals surface area contributed by atoms with Gasteiger partial charge in [0.1, 0.15) is 0 Å². The molecule has 4 heteroatoms. The molecule has 84 valence electrons. The molecule has 0 bridgehead atoms. The van der Waals surface area contributed by atoms with Crippen LogP contribution in [0.5, 0.6) is 0 Å². The maximum atomic E-state index is 11.0. The van der Waals surface area contributed by atoms with Gasteiger partial charge in [-0.05, 0) is 23.7 Å². The average molecular weight is 236 g/mol. The molecular formula is C10H20O2S2. The average Bonchev–Trinajstić information content (AvgIpc) is 2.21. The summed E-state index contributed by atoms with van der Waals surface area (Å²) in [6.45, 7) is 4.09. The Morgan fingerprint density at radius 3 is 2.57 bits per heavy atom. The van der Waals surface area contributed by atoms with E-state index in [0.29, 0.717) is 0 Å². The zero-order valence-electron chi connectivity index (χ0n) is 9.25. The van der Waals surface area contributed by atoms with E-state index in [2.05, 4.69) is 11.7 Å². The van der Waals surface area contributed by atoms with Crippen LogP contribution in [0.2, 0.25) is 0 Å². The number of hydrogen-bond donors (Lipinski definition) is 0. The van der Waals surface area contributed by atoms with Gasteiger partial charge in [-0.3, -0.25) is 4.79 Å². The largest absolute Gasteiger partial charge is 0.469 e. The SMILES string of the molecule is CCSCCCSCC(C)C(=O)OC. The summed E-state index contributed by atoms with van der Waals surface area (Å²) >= 11 is 3.81. The highest BCUT2D eigenvalue weighted by atomic mass is 32.2. The van der Waals surface area contributed by atoms with Gasteiger partial charge in [0.15, 0.2) is 0 Å². The molecule has 0 radical (unpaired) electrons. The molecule has 0 aliphatic rings. The molecule has 0 heterocycles. The Morgan fingerprint density at radius 2 is 2.00 bits per heavy atom. The van der Waals surface area contributed by atoms with Crippen molar-refractivity contribution in [2.24, 2.45) is 5.92 Å². The third kappa shape index (κ3) is 7.56. The third-order valence-electron chi connectivity index (χ3n) is 1.75. The lowest BCUT2D eigenvalue weighted by atomic mass is 10.2. The van der Waals surface area contributed by atoms with E-state index >= 15 is 0 Å². The molecule has 0 fully saturated rings. The normalized spacial score (nSPS) is 12.5. The Hall–Kier alpha value is 0.170. The van der Waals surface area contributed by atoms with E-state index in [-0.39, 0.29) is 11.9 Å². The fourth-order valence-electron chi connectivity index (χ4n) is 0.937. The van der Waals surface area contributed by atoms with Crippen molar-refractivity contribution >= 4 is 29.5 Å². The number of thioether (sulfide) groups is 2. The fourth-order valence-corrected chi connectivity index (χ4v) is 2.76. The number of methoxy groups -OCH3 is 1. The highest BCUT2D eigenvalue weighted by molar-refractivity contribution is 8.00. The van der Waals surface area contributed by atoms with Crippen LogP contribution in [0.25, 0.3) is 0 Å². The molecule has 1 unspecified atom stereocenters. The number of carbonyl (C=O) groups is 1. The summed E-state index contributed by atoms with van der Waals surface area (Å²) in [7, 11) is 1.45. The van der Waals surface area contributed by atoms with Crippen molar-refractivity contribution in [3.63, 3.8) is 0 Å². The fraction of sp³-hybridized carbons (Fsp3) is 0.900. The van der Waals surface area contributed by atoms with Gasteiger partial charge in [0.25, 0.3) is 0 Å². The van der Waals surface area contributed by atoms with Crippen molar-refractivity contribution in [3.05, 3.63) is 0 Å². The maximum absolute atomic E-state index is 11.0. The summed E-state index contributed by atoms with van der Waals surface area (Å²) in [5, 5.41) is 0. The standard InChI is InChI=1S/C10H20O2S2/c1-4-13-6-5-7-14-8-9(2)10(11)12-3/h9H,4-8H2,1-3H3. The first-order valence-electron chi connectivity index (χ1n) is 4.95. The van der Waals surface area contributed by atoms with Gasteiger partial charge < -0.3 is 4.74 Å². The van der Waals surface area contributed by atoms with Crippen molar-refractivity contribution < 1.29 is 9.53 Å². The first-order chi connectivity index (χ1) is 6.72. The third-order valence-corrected chi connectivity index (χ3v) is 4.05. The molecule has 0 rings (SSSR count). The predicted octanol–water partition coefficient (Wildman–Crippen LogP) is 2.67. The number of ether oxygens (including phenoxy) is 1. The van der Waals surface area contributed by atoms with Gasteiger partial charge in [-0.15, -0.1) is 0 Å². The summed E-state index contributed by atoms with van der Waals surface area (Å²) in [6, 6.07) is 0. The van der Waals surface area contributed by atoms with Crippen molar-refractivity contribution in [1.82, 2.24) is 0 Å². The van der Waals surface area contributed by atoms with Crippen LogP contribution >= 0.6 is 23.5 Å². The molecule has 2 nitrogen and oxygen atoms in total. The van der Waals surface area contributed by atoms with E-state index in [1.807, 2.05) is 30.4 Å². The maximum Gasteiger partial charge on any atom is 0.309 e. The van der Waals surface area contributed by atoms with Gasteiger partial charge >= 0.3 is 5.97 Å². The summed E-state index contributed by atoms with van der Waals surface area (Å²) in [6.07, 6.45) is 1.23. The van der Waals surface area contributed by atoms with Crippen LogP contribution in [-0.4, -0.2) is 36.1 Å². The first-order valence-corrected chi connectivity index (χ1v) is 7.26. The van der Waals surface area contributed by atoms with Crippen LogP contribution in [0.4, 0.5) is 0 Å². The predicted molar refractivity (Wildman–Crippen MR) is 66.1 cm³/mol. The molecule has 0 spiro atoms. The minimum Gasteiger partial charge on any atom is -0.469 e. The van der Waals surface area contributed by atoms with E-state index in [1.54, 1.807) is 0 Å². The summed E-state index contributed by atoms with van der Waals surface area (Å²) in [5.74, 6) is 4.39. The Labute approximate surface area is 95.5 Å². The Balaban J connectivity index is 3.23. The minimum atomic E-state index is -0.0968. The topological polar surface area (TPSA) is 26.3 Å². The molecule has 0 aromatic carbocycles. The second-order valence-corrected chi connectivity index (χ2v) is 5.59. The van der Waals surface area contributed by atoms with E-state index in [0.717, 1.165) is 11.5 Å². The molecule has 0 amide bonds. The Bertz CT molecular complexity index is 151. The van der Waals surface area contributed by atoms with Crippen LogP contribution in [0, 0.1) is 5.92 Å². The van der Waals surface area contributed by atoms with Crippen LogP contribution in [0.1, 0.15) is 20.3 Å². The van der Waals surface area contributed by atoms with Gasteiger partial charge in [0, 0.05) is 5.75 Å². The molecular weight excluding hydrogens is 216 g/mol. The second kappa shape index (κ2) is 9.71. The summed E-state index contributed by atoms with van der Waals surface area (Å²) in [5.41, 5.74) is 0. The smallest absolute Gasteiger partial charge is 0.309 e. The molecule has 0 aromatic rings. The van der Waals surface area contributed by atoms with Crippen LogP contribution in [-0.2, 0) is 9.53 Å². The molecule has 0 saturated heterocycles. The first kappa shape index (κ1) is 14.2. The lowest BCUT2D eigenvalue weighted by molar-refractivity contribution is -0.143. The molecule has 0 aromatic heterocycles. The van der Waals surface area contributed by atoms with Crippen molar-refractivity contribution in [3.8, 4) is 0 Å². The monoisotopic (exact) mass is 236 g/mol. The van der Waals surface area contributed by atoms with Gasteiger partial charge in [0.05, 0.1) is 13.0 Å². The summed E-state index contributed by atoms with van der Waals surface area (Å²) in [4.78, 5) is 11.0. The zero-order valence-corrected chi connectivity index (χ0v) is 10.9. The second-order valence-electron chi connectivity index (χ2n) is 3.05. The highest BCUT2D eigenvalue weighted by Crippen LogP contribution is 2.12. The van der Waals surface area contributed by atoms with Gasteiger partial charge in [-0.1, -0.05) is 13.8 Å². The Morgan fingerprint density at radius 1 is 1.36 bits per heavy atom.